The fraction of sp³-hybridized carbons (Fsp3) is 0.538. The Balaban J connectivity index is 2.88. The summed E-state index contributed by atoms with van der Waals surface area (Å²) in [4.78, 5) is 0. The van der Waals surface area contributed by atoms with Gasteiger partial charge < -0.3 is 5.11 Å². The quantitative estimate of drug-likeness (QED) is 0.776. The van der Waals surface area contributed by atoms with Gasteiger partial charge in [0.1, 0.15) is 0 Å². The second kappa shape index (κ2) is 5.16. The number of aliphatic hydroxyl groups excluding tert-OH is 1. The Kier molecular flexibility index (Phi) is 4.15. The van der Waals surface area contributed by atoms with E-state index in [1.807, 2.05) is 0 Å². The monoisotopic (exact) mass is 192 g/mol. The van der Waals surface area contributed by atoms with Crippen LogP contribution in [0.1, 0.15) is 42.4 Å². The van der Waals surface area contributed by atoms with E-state index in [9.17, 15) is 5.11 Å². The van der Waals surface area contributed by atoms with Crippen LogP contribution in [-0.2, 0) is 0 Å². The maximum atomic E-state index is 9.27. The van der Waals surface area contributed by atoms with Crippen LogP contribution in [0.15, 0.2) is 18.2 Å². The lowest BCUT2D eigenvalue weighted by atomic mass is 9.93. The zero-order valence-electron chi connectivity index (χ0n) is 9.38. The molecule has 0 saturated carbocycles. The smallest absolute Gasteiger partial charge is 0.0499 e. The molecule has 1 unspecified atom stereocenters. The van der Waals surface area contributed by atoms with Crippen molar-refractivity contribution in [1.29, 1.82) is 0 Å². The maximum absolute atomic E-state index is 9.27. The molecule has 0 aliphatic carbocycles. The molecule has 0 amide bonds. The van der Waals surface area contributed by atoms with Gasteiger partial charge in [-0.3, -0.25) is 0 Å². The third kappa shape index (κ3) is 2.58. The van der Waals surface area contributed by atoms with E-state index in [1.54, 1.807) is 0 Å². The van der Waals surface area contributed by atoms with Crippen molar-refractivity contribution in [3.05, 3.63) is 34.9 Å². The highest BCUT2D eigenvalue weighted by molar-refractivity contribution is 5.31. The molecule has 1 aromatic carbocycles. The molecule has 1 heteroatoms. The van der Waals surface area contributed by atoms with Crippen molar-refractivity contribution >= 4 is 0 Å². The number of aryl methyl sites for hydroxylation is 2. The highest BCUT2D eigenvalue weighted by Crippen LogP contribution is 2.22. The summed E-state index contributed by atoms with van der Waals surface area (Å²) in [5.41, 5.74) is 3.91. The molecule has 0 aliphatic heterocycles. The molecular weight excluding hydrogens is 172 g/mol. The second-order valence-electron chi connectivity index (χ2n) is 4.01. The minimum Gasteiger partial charge on any atom is -0.396 e. The van der Waals surface area contributed by atoms with Crippen LogP contribution in [0.2, 0.25) is 0 Å². The van der Waals surface area contributed by atoms with E-state index >= 15 is 0 Å². The maximum Gasteiger partial charge on any atom is 0.0499 e. The van der Waals surface area contributed by atoms with Gasteiger partial charge in [0.05, 0.1) is 0 Å². The van der Waals surface area contributed by atoms with Gasteiger partial charge in [0.15, 0.2) is 0 Å². The molecular formula is C13H20O. The summed E-state index contributed by atoms with van der Waals surface area (Å²) in [6, 6.07) is 6.48. The first-order valence-corrected chi connectivity index (χ1v) is 5.37. The summed E-state index contributed by atoms with van der Waals surface area (Å²) in [6.07, 6.45) is 2.19. The molecule has 0 saturated heterocycles. The first kappa shape index (κ1) is 11.3. The Morgan fingerprint density at radius 2 is 1.93 bits per heavy atom. The average molecular weight is 192 g/mol. The SMILES string of the molecule is CCCC(CO)c1ccc(C)c(C)c1. The zero-order chi connectivity index (χ0) is 10.6. The Labute approximate surface area is 86.8 Å². The van der Waals surface area contributed by atoms with Gasteiger partial charge in [0.25, 0.3) is 0 Å². The van der Waals surface area contributed by atoms with Gasteiger partial charge in [-0.15, -0.1) is 0 Å². The van der Waals surface area contributed by atoms with Gasteiger partial charge in [-0.25, -0.2) is 0 Å². The van der Waals surface area contributed by atoms with Gasteiger partial charge in [-0.2, -0.15) is 0 Å². The summed E-state index contributed by atoms with van der Waals surface area (Å²) in [7, 11) is 0. The van der Waals surface area contributed by atoms with Crippen molar-refractivity contribution in [2.24, 2.45) is 0 Å². The van der Waals surface area contributed by atoms with Gasteiger partial charge >= 0.3 is 0 Å². The van der Waals surface area contributed by atoms with Gasteiger partial charge in [0, 0.05) is 12.5 Å². The van der Waals surface area contributed by atoms with Crippen LogP contribution in [0, 0.1) is 13.8 Å². The topological polar surface area (TPSA) is 20.2 Å². The molecule has 0 spiro atoms. The highest BCUT2D eigenvalue weighted by Gasteiger charge is 2.09. The van der Waals surface area contributed by atoms with E-state index in [0.29, 0.717) is 5.92 Å². The molecule has 78 valence electrons. The Bertz CT molecular complexity index is 291. The predicted molar refractivity (Wildman–Crippen MR) is 60.7 cm³/mol. The summed E-state index contributed by atoms with van der Waals surface area (Å²) >= 11 is 0. The zero-order valence-corrected chi connectivity index (χ0v) is 9.38. The molecule has 0 aromatic heterocycles. The average Bonchev–Trinajstić information content (AvgIpc) is 2.19. The molecule has 0 bridgehead atoms. The molecule has 0 fully saturated rings. The third-order valence-corrected chi connectivity index (χ3v) is 2.86. The fourth-order valence-corrected chi connectivity index (χ4v) is 1.73. The van der Waals surface area contributed by atoms with Crippen LogP contribution >= 0.6 is 0 Å². The molecule has 1 aromatic rings. The van der Waals surface area contributed by atoms with E-state index in [1.165, 1.54) is 16.7 Å². The van der Waals surface area contributed by atoms with E-state index < -0.39 is 0 Å². The van der Waals surface area contributed by atoms with E-state index in [0.717, 1.165) is 12.8 Å². The van der Waals surface area contributed by atoms with Gasteiger partial charge in [-0.1, -0.05) is 31.5 Å². The number of hydrogen-bond donors (Lipinski definition) is 1. The van der Waals surface area contributed by atoms with E-state index in [4.69, 9.17) is 0 Å². The largest absolute Gasteiger partial charge is 0.396 e. The minimum atomic E-state index is 0.260. The molecule has 14 heavy (non-hydrogen) atoms. The standard InChI is InChI=1S/C13H20O/c1-4-5-13(9-14)12-7-6-10(2)11(3)8-12/h6-8,13-14H,4-5,9H2,1-3H3. The van der Waals surface area contributed by atoms with Crippen molar-refractivity contribution in [2.75, 3.05) is 6.61 Å². The predicted octanol–water partition coefficient (Wildman–Crippen LogP) is 3.18. The van der Waals surface area contributed by atoms with Crippen LogP contribution in [0.5, 0.6) is 0 Å². The lowest BCUT2D eigenvalue weighted by molar-refractivity contribution is 0.258. The molecule has 1 atom stereocenters. The number of benzene rings is 1. The minimum absolute atomic E-state index is 0.260. The summed E-state index contributed by atoms with van der Waals surface area (Å²) in [5.74, 6) is 0.319. The second-order valence-corrected chi connectivity index (χ2v) is 4.01. The summed E-state index contributed by atoms with van der Waals surface area (Å²) < 4.78 is 0. The summed E-state index contributed by atoms with van der Waals surface area (Å²) in [5, 5.41) is 9.27. The van der Waals surface area contributed by atoms with Gasteiger partial charge in [0.2, 0.25) is 0 Å². The Hall–Kier alpha value is -0.820. The van der Waals surface area contributed by atoms with Crippen molar-refractivity contribution < 1.29 is 5.11 Å². The first-order chi connectivity index (χ1) is 6.69. The fourth-order valence-electron chi connectivity index (χ4n) is 1.73. The van der Waals surface area contributed by atoms with Crippen LogP contribution in [-0.4, -0.2) is 11.7 Å². The number of rotatable bonds is 4. The molecule has 1 rings (SSSR count). The van der Waals surface area contributed by atoms with Crippen molar-refractivity contribution in [3.63, 3.8) is 0 Å². The van der Waals surface area contributed by atoms with E-state index in [-0.39, 0.29) is 6.61 Å². The van der Waals surface area contributed by atoms with E-state index in [2.05, 4.69) is 39.0 Å². The molecule has 0 heterocycles. The molecule has 0 aliphatic rings. The molecule has 0 radical (unpaired) electrons. The van der Waals surface area contributed by atoms with Crippen LogP contribution in [0.4, 0.5) is 0 Å². The lowest BCUT2D eigenvalue weighted by Gasteiger charge is -2.14. The summed E-state index contributed by atoms with van der Waals surface area (Å²) in [6.45, 7) is 6.66. The molecule has 1 N–H and O–H groups in total. The van der Waals surface area contributed by atoms with Crippen molar-refractivity contribution in [1.82, 2.24) is 0 Å². The van der Waals surface area contributed by atoms with Crippen LogP contribution < -0.4 is 0 Å². The van der Waals surface area contributed by atoms with Gasteiger partial charge in [-0.05, 0) is 37.0 Å². The number of aliphatic hydroxyl groups is 1. The van der Waals surface area contributed by atoms with Crippen LogP contribution in [0.3, 0.4) is 0 Å². The lowest BCUT2D eigenvalue weighted by Crippen LogP contribution is -2.04. The highest BCUT2D eigenvalue weighted by atomic mass is 16.3. The molecule has 1 nitrogen and oxygen atoms in total. The first-order valence-electron chi connectivity index (χ1n) is 5.37. The number of hydrogen-bond acceptors (Lipinski definition) is 1. The van der Waals surface area contributed by atoms with Crippen LogP contribution in [0.25, 0.3) is 0 Å². The van der Waals surface area contributed by atoms with Crippen molar-refractivity contribution in [2.45, 2.75) is 39.5 Å². The normalized spacial score (nSPS) is 12.9. The third-order valence-electron chi connectivity index (χ3n) is 2.86. The Morgan fingerprint density at radius 1 is 1.21 bits per heavy atom. The van der Waals surface area contributed by atoms with Crippen molar-refractivity contribution in [3.8, 4) is 0 Å². The Morgan fingerprint density at radius 3 is 2.43 bits per heavy atom.